The maximum Gasteiger partial charge on any atom is 0.245 e. The quantitative estimate of drug-likeness (QED) is 0.898. The van der Waals surface area contributed by atoms with Crippen LogP contribution in [0.4, 0.5) is 5.69 Å². The zero-order valence-electron chi connectivity index (χ0n) is 12.1. The fraction of sp³-hybridized carbons (Fsp3) is 0.533. The molecule has 6 heteroatoms. The Balaban J connectivity index is 1.72. The molecule has 2 aliphatic rings. The average molecular weight is 310 g/mol. The lowest BCUT2D eigenvalue weighted by Gasteiger charge is -2.32. The molecule has 5 nitrogen and oxygen atoms in total. The number of carbonyl (C=O) groups is 1. The topological polar surface area (TPSA) is 67.6 Å². The van der Waals surface area contributed by atoms with Gasteiger partial charge in [-0.1, -0.05) is 18.0 Å². The van der Waals surface area contributed by atoms with Crippen molar-refractivity contribution < 1.29 is 9.53 Å². The molecule has 3 rings (SSSR count). The van der Waals surface area contributed by atoms with Crippen molar-refractivity contribution in [2.24, 2.45) is 5.73 Å². The van der Waals surface area contributed by atoms with E-state index in [1.807, 2.05) is 0 Å². The van der Waals surface area contributed by atoms with E-state index in [1.165, 1.54) is 12.8 Å². The van der Waals surface area contributed by atoms with Gasteiger partial charge < -0.3 is 20.7 Å². The summed E-state index contributed by atoms with van der Waals surface area (Å²) >= 11 is 6.24. The lowest BCUT2D eigenvalue weighted by molar-refractivity contribution is -0.116. The molecule has 0 spiro atoms. The van der Waals surface area contributed by atoms with Crippen LogP contribution in [0, 0.1) is 0 Å². The minimum absolute atomic E-state index is 0.203. The number of piperidine rings is 1. The summed E-state index contributed by atoms with van der Waals surface area (Å²) in [6.45, 7) is 1.71. The van der Waals surface area contributed by atoms with Crippen LogP contribution in [-0.2, 0) is 4.79 Å². The molecule has 0 saturated carbocycles. The van der Waals surface area contributed by atoms with Crippen molar-refractivity contribution in [1.29, 1.82) is 0 Å². The van der Waals surface area contributed by atoms with Gasteiger partial charge in [-0.05, 0) is 32.5 Å². The third kappa shape index (κ3) is 2.86. The van der Waals surface area contributed by atoms with Crippen LogP contribution in [-0.4, -0.2) is 37.0 Å². The van der Waals surface area contributed by atoms with E-state index in [9.17, 15) is 4.79 Å². The van der Waals surface area contributed by atoms with Gasteiger partial charge >= 0.3 is 0 Å². The number of ether oxygens (including phenoxy) is 1. The van der Waals surface area contributed by atoms with Crippen molar-refractivity contribution >= 4 is 23.2 Å². The number of hydrogen-bond acceptors (Lipinski definition) is 4. The van der Waals surface area contributed by atoms with E-state index in [0.29, 0.717) is 29.1 Å². The average Bonchev–Trinajstić information content (AvgIpc) is 2.73. The number of likely N-dealkylation sites (tertiary alicyclic amines) is 1. The number of nitrogens with zero attached hydrogens (tertiary/aromatic N) is 1. The van der Waals surface area contributed by atoms with Gasteiger partial charge in [0, 0.05) is 23.4 Å². The third-order valence-corrected chi connectivity index (χ3v) is 4.63. The molecule has 0 bridgehead atoms. The molecule has 1 aromatic rings. The van der Waals surface area contributed by atoms with Crippen molar-refractivity contribution in [3.63, 3.8) is 0 Å². The second-order valence-electron chi connectivity index (χ2n) is 5.78. The molecule has 1 aromatic carbocycles. The number of anilines is 1. The zero-order chi connectivity index (χ0) is 15.0. The first-order chi connectivity index (χ1) is 10.1. The van der Waals surface area contributed by atoms with E-state index in [1.54, 1.807) is 12.1 Å². The van der Waals surface area contributed by atoms with Crippen LogP contribution in [0.15, 0.2) is 12.1 Å². The summed E-state index contributed by atoms with van der Waals surface area (Å²) in [6, 6.07) is 3.26. The Labute approximate surface area is 129 Å². The van der Waals surface area contributed by atoms with Gasteiger partial charge in [0.05, 0.1) is 5.02 Å². The highest BCUT2D eigenvalue weighted by Gasteiger charge is 2.29. The highest BCUT2D eigenvalue weighted by atomic mass is 35.5. The number of hydrogen-bond donors (Lipinski definition) is 2. The molecule has 0 aromatic heterocycles. The molecule has 2 atom stereocenters. The molecule has 21 heavy (non-hydrogen) atoms. The van der Waals surface area contributed by atoms with Crippen LogP contribution < -0.4 is 15.8 Å². The summed E-state index contributed by atoms with van der Waals surface area (Å²) < 4.78 is 5.88. The number of nitrogens with one attached hydrogen (secondary N) is 1. The molecule has 1 amide bonds. The molecule has 3 N–H and O–H groups in total. The second-order valence-corrected chi connectivity index (χ2v) is 6.19. The van der Waals surface area contributed by atoms with E-state index in [-0.39, 0.29) is 5.91 Å². The standard InChI is InChI=1S/C15H20ClN3O2/c1-19-5-3-2-4-9(19)8-21-13-7-12-10(6-11(13)16)14(17)15(20)18-12/h6-7,9,14H,2-5,8,17H2,1H3,(H,18,20). The normalized spacial score (nSPS) is 25.6. The van der Waals surface area contributed by atoms with Gasteiger partial charge in [-0.2, -0.15) is 0 Å². The molecule has 1 saturated heterocycles. The van der Waals surface area contributed by atoms with E-state index in [2.05, 4.69) is 17.3 Å². The van der Waals surface area contributed by atoms with Crippen molar-refractivity contribution in [3.05, 3.63) is 22.7 Å². The lowest BCUT2D eigenvalue weighted by atomic mass is 10.0. The molecule has 1 fully saturated rings. The van der Waals surface area contributed by atoms with Crippen molar-refractivity contribution in [3.8, 4) is 5.75 Å². The first-order valence-electron chi connectivity index (χ1n) is 7.29. The molecule has 0 radical (unpaired) electrons. The Hall–Kier alpha value is -1.30. The Kier molecular flexibility index (Phi) is 4.06. The molecule has 2 unspecified atom stereocenters. The zero-order valence-corrected chi connectivity index (χ0v) is 12.8. The molecular formula is C15H20ClN3O2. The van der Waals surface area contributed by atoms with Gasteiger partial charge in [0.2, 0.25) is 5.91 Å². The Morgan fingerprint density at radius 2 is 2.29 bits per heavy atom. The van der Waals surface area contributed by atoms with Crippen LogP contribution in [0.2, 0.25) is 5.02 Å². The summed E-state index contributed by atoms with van der Waals surface area (Å²) in [4.78, 5) is 13.9. The highest BCUT2D eigenvalue weighted by molar-refractivity contribution is 6.32. The van der Waals surface area contributed by atoms with E-state index in [4.69, 9.17) is 22.1 Å². The van der Waals surface area contributed by atoms with Crippen LogP contribution >= 0.6 is 11.6 Å². The number of nitrogens with two attached hydrogens (primary N) is 1. The minimum atomic E-state index is -0.643. The summed E-state index contributed by atoms with van der Waals surface area (Å²) in [5, 5.41) is 3.25. The van der Waals surface area contributed by atoms with Gasteiger partial charge in [-0.3, -0.25) is 4.79 Å². The molecule has 114 valence electrons. The number of amides is 1. The lowest BCUT2D eigenvalue weighted by Crippen LogP contribution is -2.40. The largest absolute Gasteiger partial charge is 0.490 e. The molecule has 0 aliphatic carbocycles. The summed E-state index contributed by atoms with van der Waals surface area (Å²) in [6.07, 6.45) is 3.62. The van der Waals surface area contributed by atoms with Crippen LogP contribution in [0.5, 0.6) is 5.75 Å². The second kappa shape index (κ2) is 5.83. The predicted octanol–water partition coefficient (Wildman–Crippen LogP) is 2.15. The van der Waals surface area contributed by atoms with E-state index >= 15 is 0 Å². The monoisotopic (exact) mass is 309 g/mol. The van der Waals surface area contributed by atoms with Gasteiger partial charge in [0.1, 0.15) is 18.4 Å². The highest BCUT2D eigenvalue weighted by Crippen LogP contribution is 2.37. The van der Waals surface area contributed by atoms with Gasteiger partial charge in [0.25, 0.3) is 0 Å². The predicted molar refractivity (Wildman–Crippen MR) is 82.8 cm³/mol. The maximum absolute atomic E-state index is 11.6. The van der Waals surface area contributed by atoms with Crippen LogP contribution in [0.25, 0.3) is 0 Å². The summed E-state index contributed by atoms with van der Waals surface area (Å²) in [7, 11) is 2.12. The van der Waals surface area contributed by atoms with Crippen LogP contribution in [0.1, 0.15) is 30.9 Å². The third-order valence-electron chi connectivity index (χ3n) is 4.33. The van der Waals surface area contributed by atoms with Gasteiger partial charge in [-0.15, -0.1) is 0 Å². The number of rotatable bonds is 3. The molecule has 2 aliphatic heterocycles. The Morgan fingerprint density at radius 3 is 3.05 bits per heavy atom. The number of halogens is 1. The summed E-state index contributed by atoms with van der Waals surface area (Å²) in [5.41, 5.74) is 7.23. The van der Waals surface area contributed by atoms with Crippen LogP contribution in [0.3, 0.4) is 0 Å². The summed E-state index contributed by atoms with van der Waals surface area (Å²) in [5.74, 6) is 0.397. The Morgan fingerprint density at radius 1 is 1.48 bits per heavy atom. The van der Waals surface area contributed by atoms with Crippen molar-refractivity contribution in [2.75, 3.05) is 25.5 Å². The van der Waals surface area contributed by atoms with Gasteiger partial charge in [0.15, 0.2) is 0 Å². The van der Waals surface area contributed by atoms with Crippen molar-refractivity contribution in [2.45, 2.75) is 31.3 Å². The molecular weight excluding hydrogens is 290 g/mol. The fourth-order valence-electron chi connectivity index (χ4n) is 2.94. The first-order valence-corrected chi connectivity index (χ1v) is 7.67. The minimum Gasteiger partial charge on any atom is -0.490 e. The number of likely N-dealkylation sites (N-methyl/N-ethyl adjacent to an activating group) is 1. The smallest absolute Gasteiger partial charge is 0.245 e. The first kappa shape index (κ1) is 14.6. The number of carbonyl (C=O) groups excluding carboxylic acids is 1. The van der Waals surface area contributed by atoms with Crippen molar-refractivity contribution in [1.82, 2.24) is 4.90 Å². The number of fused-ring (bicyclic) bond motifs is 1. The van der Waals surface area contributed by atoms with Gasteiger partial charge in [-0.25, -0.2) is 0 Å². The SMILES string of the molecule is CN1CCCCC1COc1cc2c(cc1Cl)C(N)C(=O)N2. The van der Waals surface area contributed by atoms with E-state index < -0.39 is 6.04 Å². The Bertz CT molecular complexity index is 564. The molecule has 2 heterocycles. The van der Waals surface area contributed by atoms with E-state index in [0.717, 1.165) is 18.5 Å². The maximum atomic E-state index is 11.6. The fourth-order valence-corrected chi connectivity index (χ4v) is 3.16. The number of benzene rings is 1.